The molecule has 0 aliphatic heterocycles. The van der Waals surface area contributed by atoms with E-state index in [1.54, 1.807) is 11.8 Å². The lowest BCUT2D eigenvalue weighted by Crippen LogP contribution is -2.03. The molecule has 0 radical (unpaired) electrons. The molecule has 0 saturated heterocycles. The number of hydrogen-bond donors (Lipinski definition) is 1. The first-order chi connectivity index (χ1) is 10.5. The van der Waals surface area contributed by atoms with Gasteiger partial charge < -0.3 is 5.32 Å². The van der Waals surface area contributed by atoms with Crippen LogP contribution in [0.25, 0.3) is 0 Å². The summed E-state index contributed by atoms with van der Waals surface area (Å²) in [6.07, 6.45) is 2.02. The molecule has 4 heteroatoms. The Morgan fingerprint density at radius 1 is 1.09 bits per heavy atom. The summed E-state index contributed by atoms with van der Waals surface area (Å²) in [5.41, 5.74) is 2.05. The normalized spacial score (nSPS) is 11.5. The van der Waals surface area contributed by atoms with Crippen molar-refractivity contribution in [3.05, 3.63) is 76.3 Å². The van der Waals surface area contributed by atoms with Crippen LogP contribution >= 0.6 is 35.6 Å². The molecule has 114 valence electrons. The summed E-state index contributed by atoms with van der Waals surface area (Å²) in [6, 6.07) is 17.7. The number of anilines is 1. The molecule has 0 aliphatic rings. The first-order valence-electron chi connectivity index (χ1n) is 7.05. The van der Waals surface area contributed by atoms with Crippen LogP contribution in [0, 0.1) is 0 Å². The standard InChI is InChI=1S/C18H18ClNS2/c1-13(2)22-18(20-16-10-8-15(19)9-11-16)12-17(21)14-6-4-3-5-7-14/h3-13,20H,1-2H3/b18-12+. The molecule has 0 amide bonds. The molecule has 0 aromatic heterocycles. The summed E-state index contributed by atoms with van der Waals surface area (Å²) in [5.74, 6) is 0. The highest BCUT2D eigenvalue weighted by Crippen LogP contribution is 2.25. The summed E-state index contributed by atoms with van der Waals surface area (Å²) in [4.78, 5) is 0.824. The van der Waals surface area contributed by atoms with Gasteiger partial charge in [-0.15, -0.1) is 11.8 Å². The van der Waals surface area contributed by atoms with E-state index in [4.69, 9.17) is 23.8 Å². The van der Waals surface area contributed by atoms with Crippen molar-refractivity contribution in [3.8, 4) is 0 Å². The van der Waals surface area contributed by atoms with Gasteiger partial charge in [0.2, 0.25) is 0 Å². The van der Waals surface area contributed by atoms with E-state index in [2.05, 4.69) is 19.2 Å². The van der Waals surface area contributed by atoms with Crippen LogP contribution in [0.2, 0.25) is 5.02 Å². The second-order valence-electron chi connectivity index (χ2n) is 5.04. The number of thioether (sulfide) groups is 1. The Hall–Kier alpha value is -1.29. The van der Waals surface area contributed by atoms with E-state index in [0.717, 1.165) is 26.2 Å². The molecule has 22 heavy (non-hydrogen) atoms. The van der Waals surface area contributed by atoms with Crippen molar-refractivity contribution in [3.63, 3.8) is 0 Å². The Balaban J connectivity index is 2.19. The largest absolute Gasteiger partial charge is 0.350 e. The first kappa shape index (κ1) is 17.1. The van der Waals surface area contributed by atoms with Crippen LogP contribution in [0.15, 0.2) is 65.7 Å². The van der Waals surface area contributed by atoms with Crippen molar-refractivity contribution < 1.29 is 0 Å². The van der Waals surface area contributed by atoms with Crippen molar-refractivity contribution in [2.75, 3.05) is 5.32 Å². The molecular formula is C18H18ClNS2. The van der Waals surface area contributed by atoms with Gasteiger partial charge in [-0.2, -0.15) is 0 Å². The third-order valence-corrected chi connectivity index (χ3v) is 4.35. The van der Waals surface area contributed by atoms with Gasteiger partial charge in [-0.25, -0.2) is 0 Å². The van der Waals surface area contributed by atoms with Crippen LogP contribution in [0.1, 0.15) is 19.4 Å². The third-order valence-electron chi connectivity index (χ3n) is 2.79. The number of rotatable bonds is 6. The number of thiocarbonyl (C=S) groups is 1. The predicted octanol–water partition coefficient (Wildman–Crippen LogP) is 6.15. The minimum Gasteiger partial charge on any atom is -0.350 e. The molecule has 0 heterocycles. The molecule has 1 nitrogen and oxygen atoms in total. The third kappa shape index (κ3) is 5.48. The molecule has 2 rings (SSSR count). The summed E-state index contributed by atoms with van der Waals surface area (Å²) in [6.45, 7) is 4.32. The van der Waals surface area contributed by atoms with E-state index in [9.17, 15) is 0 Å². The van der Waals surface area contributed by atoms with Crippen LogP contribution < -0.4 is 5.32 Å². The van der Waals surface area contributed by atoms with Crippen LogP contribution in [-0.2, 0) is 0 Å². The Kier molecular flexibility index (Phi) is 6.49. The smallest absolute Gasteiger partial charge is 0.0742 e. The molecule has 1 N–H and O–H groups in total. The van der Waals surface area contributed by atoms with E-state index in [1.165, 1.54) is 0 Å². The molecule has 0 spiro atoms. The van der Waals surface area contributed by atoms with Crippen molar-refractivity contribution in [2.24, 2.45) is 0 Å². The van der Waals surface area contributed by atoms with E-state index in [1.807, 2.05) is 60.7 Å². The average Bonchev–Trinajstić information content (AvgIpc) is 2.50. The first-order valence-corrected chi connectivity index (χ1v) is 8.71. The van der Waals surface area contributed by atoms with Crippen LogP contribution in [-0.4, -0.2) is 10.1 Å². The Morgan fingerprint density at radius 3 is 2.32 bits per heavy atom. The molecule has 0 bridgehead atoms. The molecule has 0 fully saturated rings. The zero-order valence-electron chi connectivity index (χ0n) is 12.5. The van der Waals surface area contributed by atoms with Gasteiger partial charge in [-0.05, 0) is 35.9 Å². The quantitative estimate of drug-likeness (QED) is 0.382. The molecule has 0 saturated carbocycles. The Labute approximate surface area is 146 Å². The van der Waals surface area contributed by atoms with Crippen molar-refractivity contribution in [1.29, 1.82) is 0 Å². The fourth-order valence-corrected chi connectivity index (χ4v) is 3.16. The van der Waals surface area contributed by atoms with Gasteiger partial charge in [-0.3, -0.25) is 0 Å². The van der Waals surface area contributed by atoms with Gasteiger partial charge in [0, 0.05) is 20.8 Å². The second-order valence-corrected chi connectivity index (χ2v) is 7.53. The van der Waals surface area contributed by atoms with E-state index in [0.29, 0.717) is 5.25 Å². The van der Waals surface area contributed by atoms with E-state index in [-0.39, 0.29) is 0 Å². The van der Waals surface area contributed by atoms with E-state index >= 15 is 0 Å². The number of benzene rings is 2. The van der Waals surface area contributed by atoms with Gasteiger partial charge in [0.15, 0.2) is 0 Å². The summed E-state index contributed by atoms with van der Waals surface area (Å²) < 4.78 is 0. The SMILES string of the molecule is CC(C)S/C(=C/C(=S)c1ccccc1)Nc1ccc(Cl)cc1. The zero-order chi connectivity index (χ0) is 15.9. The fraction of sp³-hybridized carbons (Fsp3) is 0.167. The van der Waals surface area contributed by atoms with Gasteiger partial charge >= 0.3 is 0 Å². The number of nitrogens with one attached hydrogen (secondary N) is 1. The molecule has 0 atom stereocenters. The maximum atomic E-state index is 5.93. The molecule has 2 aromatic carbocycles. The molecular weight excluding hydrogens is 330 g/mol. The maximum Gasteiger partial charge on any atom is 0.0742 e. The lowest BCUT2D eigenvalue weighted by atomic mass is 10.1. The Bertz CT molecular complexity index is 649. The summed E-state index contributed by atoms with van der Waals surface area (Å²) in [5, 5.41) is 5.64. The number of allylic oxidation sites excluding steroid dienone is 1. The fourth-order valence-electron chi connectivity index (χ4n) is 1.83. The van der Waals surface area contributed by atoms with Crippen molar-refractivity contribution in [1.82, 2.24) is 0 Å². The molecule has 0 aliphatic carbocycles. The molecule has 2 aromatic rings. The zero-order valence-corrected chi connectivity index (χ0v) is 14.9. The lowest BCUT2D eigenvalue weighted by Gasteiger charge is -2.13. The molecule has 0 unspecified atom stereocenters. The van der Waals surface area contributed by atoms with Gasteiger partial charge in [-0.1, -0.05) is 68.0 Å². The highest BCUT2D eigenvalue weighted by molar-refractivity contribution is 8.03. The second kappa shape index (κ2) is 8.37. The van der Waals surface area contributed by atoms with Gasteiger partial charge in [0.25, 0.3) is 0 Å². The average molecular weight is 348 g/mol. The topological polar surface area (TPSA) is 12.0 Å². The summed E-state index contributed by atoms with van der Waals surface area (Å²) >= 11 is 13.2. The predicted molar refractivity (Wildman–Crippen MR) is 104 cm³/mol. The highest BCUT2D eigenvalue weighted by atomic mass is 35.5. The lowest BCUT2D eigenvalue weighted by molar-refractivity contribution is 1.12. The van der Waals surface area contributed by atoms with Crippen molar-refractivity contribution in [2.45, 2.75) is 19.1 Å². The van der Waals surface area contributed by atoms with Gasteiger partial charge in [0.05, 0.1) is 5.03 Å². The highest BCUT2D eigenvalue weighted by Gasteiger charge is 2.06. The van der Waals surface area contributed by atoms with Crippen molar-refractivity contribution >= 4 is 46.1 Å². The number of hydrogen-bond acceptors (Lipinski definition) is 3. The maximum absolute atomic E-state index is 5.93. The van der Waals surface area contributed by atoms with Crippen LogP contribution in [0.5, 0.6) is 0 Å². The summed E-state index contributed by atoms with van der Waals surface area (Å²) in [7, 11) is 0. The monoisotopic (exact) mass is 347 g/mol. The van der Waals surface area contributed by atoms with E-state index < -0.39 is 0 Å². The minimum absolute atomic E-state index is 0.463. The van der Waals surface area contributed by atoms with Crippen LogP contribution in [0.4, 0.5) is 5.69 Å². The Morgan fingerprint density at radius 2 is 1.73 bits per heavy atom. The number of halogens is 1. The van der Waals surface area contributed by atoms with Gasteiger partial charge in [0.1, 0.15) is 0 Å². The van der Waals surface area contributed by atoms with Crippen LogP contribution in [0.3, 0.4) is 0 Å². The minimum atomic E-state index is 0.463.